The third kappa shape index (κ3) is 7.52. The Hall–Kier alpha value is -2.93. The second kappa shape index (κ2) is 13.6. The maximum atomic E-state index is 13.2. The van der Waals surface area contributed by atoms with Gasteiger partial charge in [-0.15, -0.1) is 12.6 Å². The third-order valence-corrected chi connectivity index (χ3v) is 9.30. The summed E-state index contributed by atoms with van der Waals surface area (Å²) in [5.41, 5.74) is 3.05. The topological polar surface area (TPSA) is 145 Å². The van der Waals surface area contributed by atoms with Crippen LogP contribution in [0.4, 0.5) is 9.59 Å². The Kier molecular flexibility index (Phi) is 10.3. The zero-order chi connectivity index (χ0) is 30.6. The van der Waals surface area contributed by atoms with Crippen molar-refractivity contribution in [2.45, 2.75) is 75.6 Å². The molecule has 2 aromatic carbocycles. The van der Waals surface area contributed by atoms with Gasteiger partial charge < -0.3 is 20.3 Å². The smallest absolute Gasteiger partial charge is 0.408 e. The number of fused-ring (bicyclic) bond motifs is 2. The van der Waals surface area contributed by atoms with Gasteiger partial charge in [-0.3, -0.25) is 9.69 Å². The highest BCUT2D eigenvalue weighted by molar-refractivity contribution is 7.96. The van der Waals surface area contributed by atoms with Crippen molar-refractivity contribution in [3.63, 3.8) is 0 Å². The molecule has 12 heteroatoms. The van der Waals surface area contributed by atoms with E-state index >= 15 is 0 Å². The number of carbonyl (C=O) groups excluding carboxylic acids is 2. The van der Waals surface area contributed by atoms with Crippen LogP contribution in [0.25, 0.3) is 0 Å². The Bertz CT molecular complexity index is 1330. The third-order valence-electron chi connectivity index (χ3n) is 7.81. The van der Waals surface area contributed by atoms with E-state index in [2.05, 4.69) is 22.7 Å². The standard InChI is InChI=1S/C30H39N3O7S2/c1-30(2,3)40-28(36)32-24-14-18-8-4-6-10-20(18)22(24)16-26(27(35)41)33(29(37)38)25-15-19-9-5-7-11-21(19)23(25)17-42(39)31-12-13-34/h4-11,22-26,31,34H,12-17H2,1-3H3,(H,32,36)(H,35,41)(H,37,38)/t22-,23+,24-,25-,26?,42?/m1/s1. The monoisotopic (exact) mass is 617 g/mol. The Morgan fingerprint density at radius 2 is 1.64 bits per heavy atom. The van der Waals surface area contributed by atoms with Gasteiger partial charge in [0.1, 0.15) is 11.6 Å². The van der Waals surface area contributed by atoms with Crippen molar-refractivity contribution in [2.24, 2.45) is 0 Å². The van der Waals surface area contributed by atoms with Gasteiger partial charge in [0.25, 0.3) is 0 Å². The number of ether oxygens (including phenoxy) is 1. The van der Waals surface area contributed by atoms with Crippen molar-refractivity contribution in [3.8, 4) is 0 Å². The summed E-state index contributed by atoms with van der Waals surface area (Å²) in [5, 5.41) is 22.1. The molecule has 4 rings (SSSR count). The molecule has 2 aliphatic carbocycles. The van der Waals surface area contributed by atoms with E-state index in [4.69, 9.17) is 9.84 Å². The number of nitrogens with zero attached hydrogens (tertiary/aromatic N) is 1. The Labute approximate surface area is 254 Å². The van der Waals surface area contributed by atoms with E-state index in [1.807, 2.05) is 48.5 Å². The van der Waals surface area contributed by atoms with Gasteiger partial charge >= 0.3 is 12.2 Å². The molecule has 4 N–H and O–H groups in total. The first-order chi connectivity index (χ1) is 19.9. The molecule has 10 nitrogen and oxygen atoms in total. The number of hydrogen-bond acceptors (Lipinski definition) is 6. The Morgan fingerprint density at radius 3 is 2.21 bits per heavy atom. The van der Waals surface area contributed by atoms with Crippen molar-refractivity contribution in [1.82, 2.24) is 14.9 Å². The quantitative estimate of drug-likeness (QED) is 0.243. The predicted octanol–water partition coefficient (Wildman–Crippen LogP) is 3.37. The molecule has 0 fully saturated rings. The van der Waals surface area contributed by atoms with Gasteiger partial charge in [0.2, 0.25) is 5.12 Å². The number of aliphatic hydroxyl groups is 1. The lowest BCUT2D eigenvalue weighted by Crippen LogP contribution is -2.53. The lowest BCUT2D eigenvalue weighted by molar-refractivity contribution is -0.116. The van der Waals surface area contributed by atoms with Gasteiger partial charge in [-0.1, -0.05) is 48.5 Å². The van der Waals surface area contributed by atoms with Crippen LogP contribution in [0.5, 0.6) is 0 Å². The summed E-state index contributed by atoms with van der Waals surface area (Å²) in [7, 11) is -1.54. The molecule has 2 aliphatic rings. The zero-order valence-electron chi connectivity index (χ0n) is 24.0. The van der Waals surface area contributed by atoms with Crippen molar-refractivity contribution in [3.05, 3.63) is 70.8 Å². The Balaban J connectivity index is 1.66. The van der Waals surface area contributed by atoms with Gasteiger partial charge in [0.15, 0.2) is 0 Å². The minimum Gasteiger partial charge on any atom is -0.465 e. The van der Waals surface area contributed by atoms with Gasteiger partial charge in [-0.05, 0) is 62.3 Å². The molecule has 6 atom stereocenters. The second-order valence-electron chi connectivity index (χ2n) is 11.7. The van der Waals surface area contributed by atoms with Gasteiger partial charge in [-0.2, -0.15) is 0 Å². The molecular weight excluding hydrogens is 578 g/mol. The zero-order valence-corrected chi connectivity index (χ0v) is 25.7. The number of benzene rings is 2. The number of aliphatic hydroxyl groups excluding tert-OH is 1. The summed E-state index contributed by atoms with van der Waals surface area (Å²) in [5.74, 6) is -0.723. The highest BCUT2D eigenvalue weighted by atomic mass is 32.2. The lowest BCUT2D eigenvalue weighted by Gasteiger charge is -2.37. The molecule has 42 heavy (non-hydrogen) atoms. The first kappa shape index (κ1) is 32.0. The molecule has 0 aliphatic heterocycles. The molecular formula is C30H39N3O7S2. The van der Waals surface area contributed by atoms with Crippen molar-refractivity contribution in [2.75, 3.05) is 18.9 Å². The van der Waals surface area contributed by atoms with Crippen LogP contribution >= 0.6 is 12.6 Å². The number of amides is 2. The SMILES string of the molecule is CC(C)(C)OC(=O)N[C@@H]1Cc2ccccc2[C@H]1CC(C(=O)S)N(C(=O)O)[C@@H]1Cc2ccccc2[C@@H]1CS(=O)NCCO. The lowest BCUT2D eigenvalue weighted by atomic mass is 9.89. The van der Waals surface area contributed by atoms with E-state index < -0.39 is 57.9 Å². The van der Waals surface area contributed by atoms with E-state index in [0.29, 0.717) is 12.8 Å². The summed E-state index contributed by atoms with van der Waals surface area (Å²) in [4.78, 5) is 40.0. The van der Waals surface area contributed by atoms with Crippen LogP contribution in [0.15, 0.2) is 48.5 Å². The fourth-order valence-corrected chi connectivity index (χ4v) is 7.59. The molecule has 2 aromatic rings. The normalized spacial score (nSPS) is 22.5. The van der Waals surface area contributed by atoms with E-state index in [0.717, 1.165) is 22.3 Å². The molecule has 0 heterocycles. The second-order valence-corrected chi connectivity index (χ2v) is 13.5. The van der Waals surface area contributed by atoms with E-state index in [1.54, 1.807) is 20.8 Å². The molecule has 0 radical (unpaired) electrons. The number of carbonyl (C=O) groups is 3. The molecule has 0 bridgehead atoms. The molecule has 0 spiro atoms. The van der Waals surface area contributed by atoms with Crippen LogP contribution < -0.4 is 10.0 Å². The Morgan fingerprint density at radius 1 is 1.05 bits per heavy atom. The van der Waals surface area contributed by atoms with Crippen LogP contribution in [0.1, 0.15) is 61.3 Å². The average molecular weight is 618 g/mol. The number of alkyl carbamates (subject to hydrolysis) is 1. The van der Waals surface area contributed by atoms with Crippen molar-refractivity contribution >= 4 is 40.9 Å². The summed E-state index contributed by atoms with van der Waals surface area (Å²) in [6.45, 7) is 5.27. The van der Waals surface area contributed by atoms with Crippen LogP contribution in [0.2, 0.25) is 0 Å². The average Bonchev–Trinajstić information content (AvgIpc) is 3.43. The minimum atomic E-state index is -1.54. The maximum absolute atomic E-state index is 13.2. The first-order valence-corrected chi connectivity index (χ1v) is 15.8. The molecule has 0 saturated heterocycles. The van der Waals surface area contributed by atoms with Gasteiger partial charge in [-0.25, -0.2) is 18.5 Å². The van der Waals surface area contributed by atoms with E-state index in [9.17, 15) is 23.7 Å². The minimum absolute atomic E-state index is 0.0948. The van der Waals surface area contributed by atoms with Crippen LogP contribution in [-0.4, -0.2) is 79.3 Å². The fourth-order valence-electron chi connectivity index (χ4n) is 6.19. The molecule has 2 unspecified atom stereocenters. The predicted molar refractivity (Wildman–Crippen MR) is 163 cm³/mol. The summed E-state index contributed by atoms with van der Waals surface area (Å²) < 4.78 is 21.1. The number of rotatable bonds is 11. The van der Waals surface area contributed by atoms with Crippen LogP contribution in [0, 0.1) is 0 Å². The maximum Gasteiger partial charge on any atom is 0.408 e. The highest BCUT2D eigenvalue weighted by Gasteiger charge is 2.46. The number of hydrogen-bond donors (Lipinski definition) is 5. The number of carboxylic acid groups (broad SMARTS) is 1. The summed E-state index contributed by atoms with van der Waals surface area (Å²) >= 11 is 4.17. The molecule has 0 aromatic heterocycles. The summed E-state index contributed by atoms with van der Waals surface area (Å²) in [6, 6.07) is 13.0. The first-order valence-electron chi connectivity index (χ1n) is 14.0. The van der Waals surface area contributed by atoms with E-state index in [-0.39, 0.29) is 31.2 Å². The molecule has 2 amide bonds. The fraction of sp³-hybridized carbons (Fsp3) is 0.500. The number of thiol groups is 1. The van der Waals surface area contributed by atoms with Crippen molar-refractivity contribution in [1.29, 1.82) is 0 Å². The van der Waals surface area contributed by atoms with Crippen LogP contribution in [-0.2, 0) is 33.4 Å². The molecule has 0 saturated carbocycles. The van der Waals surface area contributed by atoms with E-state index in [1.165, 1.54) is 4.90 Å². The van der Waals surface area contributed by atoms with Gasteiger partial charge in [0, 0.05) is 36.2 Å². The van der Waals surface area contributed by atoms with Gasteiger partial charge in [0.05, 0.1) is 17.6 Å². The summed E-state index contributed by atoms with van der Waals surface area (Å²) in [6.07, 6.45) is -0.908. The largest absolute Gasteiger partial charge is 0.465 e. The highest BCUT2D eigenvalue weighted by Crippen LogP contribution is 2.42. The molecule has 228 valence electrons. The van der Waals surface area contributed by atoms with Crippen LogP contribution in [0.3, 0.4) is 0 Å². The number of nitrogens with one attached hydrogen (secondary N) is 2. The van der Waals surface area contributed by atoms with Crippen molar-refractivity contribution < 1.29 is 33.5 Å².